The molecule has 2 amide bonds. The van der Waals surface area contributed by atoms with Crippen LogP contribution in [0, 0.1) is 0 Å². The second kappa shape index (κ2) is 4.63. The van der Waals surface area contributed by atoms with Crippen LogP contribution in [0.4, 0.5) is 10.5 Å². The molecule has 1 N–H and O–H groups in total. The van der Waals surface area contributed by atoms with Gasteiger partial charge in [-0.1, -0.05) is 23.2 Å². The number of anilines is 1. The summed E-state index contributed by atoms with van der Waals surface area (Å²) in [5.41, 5.74) is 1.51. The highest BCUT2D eigenvalue weighted by Gasteiger charge is 2.20. The lowest BCUT2D eigenvalue weighted by Gasteiger charge is -2.14. The maximum absolute atomic E-state index is 11.4. The topological polar surface area (TPSA) is 72.5 Å². The second-order valence-corrected chi connectivity index (χ2v) is 4.39. The van der Waals surface area contributed by atoms with E-state index < -0.39 is 11.1 Å². The van der Waals surface area contributed by atoms with Crippen LogP contribution in [0.25, 0.3) is 0 Å². The van der Waals surface area contributed by atoms with Crippen molar-refractivity contribution in [3.63, 3.8) is 0 Å². The van der Waals surface area contributed by atoms with E-state index in [1.165, 1.54) is 0 Å². The minimum Gasteiger partial charge on any atom is -0.772 e. The van der Waals surface area contributed by atoms with E-state index >= 15 is 0 Å². The molecule has 1 aromatic carbocycles. The van der Waals surface area contributed by atoms with Crippen molar-refractivity contribution in [3.8, 4) is 0 Å². The molecular weight excluding hydrogens is 228 g/mol. The molecule has 1 aliphatic heterocycles. The Kier molecular flexibility index (Phi) is 3.21. The number of hydrogen-bond donors (Lipinski definition) is 1. The molecule has 1 heterocycles. The largest absolute Gasteiger partial charge is 0.772 e. The molecule has 0 spiro atoms. The lowest BCUT2D eigenvalue weighted by molar-refractivity contribution is 0.252. The van der Waals surface area contributed by atoms with Gasteiger partial charge in [-0.2, -0.15) is 0 Å². The van der Waals surface area contributed by atoms with Gasteiger partial charge < -0.3 is 9.87 Å². The van der Waals surface area contributed by atoms with Gasteiger partial charge in [0, 0.05) is 24.5 Å². The number of carbonyl (C=O) groups excluding carboxylic acids is 1. The number of rotatable bonds is 3. The Morgan fingerprint density at radius 2 is 2.06 bits per heavy atom. The molecular formula is C10H11N2O3S-. The van der Waals surface area contributed by atoms with Crippen molar-refractivity contribution in [2.45, 2.75) is 5.75 Å². The van der Waals surface area contributed by atoms with Crippen molar-refractivity contribution in [1.29, 1.82) is 0 Å². The number of benzene rings is 1. The van der Waals surface area contributed by atoms with Crippen molar-refractivity contribution >= 4 is 22.8 Å². The lowest BCUT2D eigenvalue weighted by Crippen LogP contribution is -2.27. The predicted octanol–water partition coefficient (Wildman–Crippen LogP) is 0.595. The van der Waals surface area contributed by atoms with Crippen molar-refractivity contribution in [2.75, 3.05) is 18.0 Å². The highest BCUT2D eigenvalue weighted by atomic mass is 32.2. The van der Waals surface area contributed by atoms with Crippen molar-refractivity contribution in [3.05, 3.63) is 29.8 Å². The zero-order valence-electron chi connectivity index (χ0n) is 8.51. The highest BCUT2D eigenvalue weighted by Crippen LogP contribution is 2.17. The van der Waals surface area contributed by atoms with Gasteiger partial charge in [0.15, 0.2) is 0 Å². The molecule has 1 fully saturated rings. The van der Waals surface area contributed by atoms with Crippen LogP contribution in [-0.4, -0.2) is 27.9 Å². The molecule has 1 atom stereocenters. The van der Waals surface area contributed by atoms with Crippen LogP contribution in [0.15, 0.2) is 24.3 Å². The smallest absolute Gasteiger partial charge is 0.321 e. The molecule has 6 heteroatoms. The molecule has 86 valence electrons. The van der Waals surface area contributed by atoms with Crippen LogP contribution < -0.4 is 10.2 Å². The molecule has 5 nitrogen and oxygen atoms in total. The van der Waals surface area contributed by atoms with Crippen LogP contribution in [0.3, 0.4) is 0 Å². The van der Waals surface area contributed by atoms with Gasteiger partial charge in [-0.3, -0.25) is 9.11 Å². The summed E-state index contributed by atoms with van der Waals surface area (Å²) in [6.07, 6.45) is 0. The summed E-state index contributed by atoms with van der Waals surface area (Å²) >= 11 is -2.07. The number of carbonyl (C=O) groups is 1. The number of hydrogen-bond acceptors (Lipinski definition) is 3. The van der Waals surface area contributed by atoms with Gasteiger partial charge in [0.1, 0.15) is 0 Å². The Morgan fingerprint density at radius 3 is 2.56 bits per heavy atom. The molecule has 0 radical (unpaired) electrons. The van der Waals surface area contributed by atoms with Crippen LogP contribution in [0.2, 0.25) is 0 Å². The quantitative estimate of drug-likeness (QED) is 0.785. The monoisotopic (exact) mass is 239 g/mol. The van der Waals surface area contributed by atoms with E-state index in [2.05, 4.69) is 5.32 Å². The molecule has 1 aliphatic rings. The average Bonchev–Trinajstić information content (AvgIpc) is 2.65. The fraction of sp³-hybridized carbons (Fsp3) is 0.300. The summed E-state index contributed by atoms with van der Waals surface area (Å²) in [6.45, 7) is 1.29. The van der Waals surface area contributed by atoms with Crippen molar-refractivity contribution in [1.82, 2.24) is 5.32 Å². The molecule has 0 aliphatic carbocycles. The third-order valence-electron chi connectivity index (χ3n) is 2.39. The molecule has 1 unspecified atom stereocenters. The number of urea groups is 1. The van der Waals surface area contributed by atoms with Gasteiger partial charge in [0.25, 0.3) is 0 Å². The minimum atomic E-state index is -2.07. The molecule has 1 aromatic rings. The standard InChI is InChI=1S/C10H12N2O3S/c13-10-11-5-6-12(10)9-3-1-8(2-4-9)7-16(14)15/h1-4H,5-7H2,(H,11,13)(H,14,15)/p-1. The van der Waals surface area contributed by atoms with Gasteiger partial charge in [-0.15, -0.1) is 0 Å². The average molecular weight is 239 g/mol. The summed E-state index contributed by atoms with van der Waals surface area (Å²) in [7, 11) is 0. The molecule has 0 aromatic heterocycles. The first-order valence-corrected chi connectivity index (χ1v) is 6.11. The van der Waals surface area contributed by atoms with E-state index in [1.807, 2.05) is 0 Å². The Labute approximate surface area is 95.7 Å². The first kappa shape index (κ1) is 11.1. The maximum Gasteiger partial charge on any atom is 0.321 e. The second-order valence-electron chi connectivity index (χ2n) is 3.50. The Hall–Kier alpha value is -1.40. The van der Waals surface area contributed by atoms with Crippen LogP contribution >= 0.6 is 0 Å². The first-order valence-electron chi connectivity index (χ1n) is 4.87. The molecule has 16 heavy (non-hydrogen) atoms. The highest BCUT2D eigenvalue weighted by molar-refractivity contribution is 7.78. The number of amides is 2. The van der Waals surface area contributed by atoms with Gasteiger partial charge in [-0.05, 0) is 17.7 Å². The molecule has 0 bridgehead atoms. The Morgan fingerprint density at radius 1 is 1.38 bits per heavy atom. The van der Waals surface area contributed by atoms with E-state index in [-0.39, 0.29) is 11.8 Å². The zero-order chi connectivity index (χ0) is 11.5. The van der Waals surface area contributed by atoms with Gasteiger partial charge in [0.05, 0.1) is 0 Å². The first-order chi connectivity index (χ1) is 7.66. The molecule has 2 rings (SSSR count). The van der Waals surface area contributed by atoms with Gasteiger partial charge in [0.2, 0.25) is 0 Å². The summed E-state index contributed by atoms with van der Waals surface area (Å²) in [5.74, 6) is 0.00643. The normalized spacial score (nSPS) is 17.3. The summed E-state index contributed by atoms with van der Waals surface area (Å²) in [4.78, 5) is 13.0. The van der Waals surface area contributed by atoms with E-state index in [9.17, 15) is 13.6 Å². The van der Waals surface area contributed by atoms with Gasteiger partial charge in [-0.25, -0.2) is 4.79 Å². The van der Waals surface area contributed by atoms with Crippen LogP contribution in [0.5, 0.6) is 0 Å². The molecule has 0 saturated carbocycles. The van der Waals surface area contributed by atoms with E-state index in [0.29, 0.717) is 13.1 Å². The summed E-state index contributed by atoms with van der Waals surface area (Å²) < 4.78 is 21.0. The fourth-order valence-electron chi connectivity index (χ4n) is 1.63. The molecule has 1 saturated heterocycles. The summed E-state index contributed by atoms with van der Waals surface area (Å²) in [6, 6.07) is 6.84. The third-order valence-corrected chi connectivity index (χ3v) is 2.96. The zero-order valence-corrected chi connectivity index (χ0v) is 9.33. The Bertz CT molecular complexity index is 419. The third kappa shape index (κ3) is 2.40. The van der Waals surface area contributed by atoms with E-state index in [0.717, 1.165) is 11.3 Å². The van der Waals surface area contributed by atoms with Crippen LogP contribution in [-0.2, 0) is 16.8 Å². The van der Waals surface area contributed by atoms with Crippen LogP contribution in [0.1, 0.15) is 5.56 Å². The van der Waals surface area contributed by atoms with Crippen molar-refractivity contribution < 1.29 is 13.6 Å². The van der Waals surface area contributed by atoms with E-state index in [4.69, 9.17) is 0 Å². The Balaban J connectivity index is 2.12. The van der Waals surface area contributed by atoms with Crippen molar-refractivity contribution in [2.24, 2.45) is 0 Å². The maximum atomic E-state index is 11.4. The van der Waals surface area contributed by atoms with Gasteiger partial charge >= 0.3 is 6.03 Å². The minimum absolute atomic E-state index is 0.00643. The number of nitrogens with one attached hydrogen (secondary N) is 1. The van der Waals surface area contributed by atoms with E-state index in [1.54, 1.807) is 29.2 Å². The SMILES string of the molecule is O=C1NCCN1c1ccc(CS(=O)[O-])cc1. The predicted molar refractivity (Wildman–Crippen MR) is 59.8 cm³/mol. The summed E-state index contributed by atoms with van der Waals surface area (Å²) in [5, 5.41) is 2.70. The fourth-order valence-corrected chi connectivity index (χ4v) is 2.09. The number of nitrogens with zero attached hydrogens (tertiary/aromatic N) is 1. The lowest BCUT2D eigenvalue weighted by atomic mass is 10.2.